The molecule has 2 atom stereocenters. The van der Waals surface area contributed by atoms with E-state index in [4.69, 9.17) is 5.73 Å². The van der Waals surface area contributed by atoms with Gasteiger partial charge in [-0.3, -0.25) is 10.1 Å². The minimum Gasteiger partial charge on any atom is -0.354 e. The fourth-order valence-electron chi connectivity index (χ4n) is 3.33. The Balaban J connectivity index is 2.28. The average Bonchev–Trinajstić information content (AvgIpc) is 2.48. The molecule has 6 heteroatoms. The molecule has 0 aliphatic heterocycles. The first-order valence-corrected chi connectivity index (χ1v) is 7.67. The Hall–Kier alpha value is -1.69. The first-order chi connectivity index (χ1) is 10.1. The van der Waals surface area contributed by atoms with Crippen molar-refractivity contribution in [3.8, 4) is 0 Å². The number of nitrogens with two attached hydrogens (primary N) is 1. The van der Waals surface area contributed by atoms with E-state index in [0.717, 1.165) is 25.2 Å². The zero-order valence-electron chi connectivity index (χ0n) is 12.8. The van der Waals surface area contributed by atoms with Crippen LogP contribution in [0.15, 0.2) is 12.1 Å². The molecule has 6 nitrogen and oxygen atoms in total. The Morgan fingerprint density at radius 3 is 2.71 bits per heavy atom. The van der Waals surface area contributed by atoms with Gasteiger partial charge in [0.2, 0.25) is 0 Å². The highest BCUT2D eigenvalue weighted by molar-refractivity contribution is 5.47. The van der Waals surface area contributed by atoms with E-state index < -0.39 is 0 Å². The Morgan fingerprint density at radius 2 is 2.14 bits per heavy atom. The first-order valence-electron chi connectivity index (χ1n) is 7.67. The van der Waals surface area contributed by atoms with Gasteiger partial charge in [0, 0.05) is 18.7 Å². The number of rotatable bonds is 5. The predicted molar refractivity (Wildman–Crippen MR) is 83.4 cm³/mol. The molecular weight excluding hydrogens is 268 g/mol. The number of nitro groups is 1. The maximum absolute atomic E-state index is 10.9. The summed E-state index contributed by atoms with van der Waals surface area (Å²) >= 11 is 0. The van der Waals surface area contributed by atoms with E-state index >= 15 is 0 Å². The second-order valence-corrected chi connectivity index (χ2v) is 5.66. The van der Waals surface area contributed by atoms with E-state index in [2.05, 4.69) is 16.8 Å². The molecule has 1 saturated carbocycles. The highest BCUT2D eigenvalue weighted by Gasteiger charge is 2.29. The quantitative estimate of drug-likeness (QED) is 0.666. The van der Waals surface area contributed by atoms with Crippen LogP contribution >= 0.6 is 0 Å². The molecule has 1 aliphatic rings. The number of aryl methyl sites for hydroxylation is 1. The van der Waals surface area contributed by atoms with Crippen molar-refractivity contribution in [2.24, 2.45) is 11.7 Å². The Labute approximate surface area is 125 Å². The SMILES string of the molecule is CCN(c1ccc([N+](=O)[O-])c(C)n1)C1CCCCC1CN. The van der Waals surface area contributed by atoms with Crippen LogP contribution in [-0.2, 0) is 0 Å². The van der Waals surface area contributed by atoms with Crippen LogP contribution < -0.4 is 10.6 Å². The predicted octanol–water partition coefficient (Wildman–Crippen LogP) is 2.64. The fourth-order valence-corrected chi connectivity index (χ4v) is 3.33. The van der Waals surface area contributed by atoms with Crippen molar-refractivity contribution in [2.75, 3.05) is 18.0 Å². The van der Waals surface area contributed by atoms with Crippen LogP contribution in [0.4, 0.5) is 11.5 Å². The molecule has 0 radical (unpaired) electrons. The zero-order chi connectivity index (χ0) is 15.4. The molecule has 0 aromatic carbocycles. The third-order valence-corrected chi connectivity index (χ3v) is 4.45. The molecule has 116 valence electrons. The summed E-state index contributed by atoms with van der Waals surface area (Å²) in [5, 5.41) is 10.9. The van der Waals surface area contributed by atoms with Crippen molar-refractivity contribution >= 4 is 11.5 Å². The van der Waals surface area contributed by atoms with E-state index in [1.54, 1.807) is 19.1 Å². The number of anilines is 1. The standard InChI is InChI=1S/C15H24N4O2/c1-3-18(14-7-5-4-6-12(14)10-16)15-9-8-13(19(20)21)11(2)17-15/h8-9,12,14H,3-7,10,16H2,1-2H3. The molecule has 2 unspecified atom stereocenters. The summed E-state index contributed by atoms with van der Waals surface area (Å²) in [5.41, 5.74) is 6.47. The lowest BCUT2D eigenvalue weighted by atomic mass is 9.83. The number of nitrogens with zero attached hydrogens (tertiary/aromatic N) is 3. The van der Waals surface area contributed by atoms with Crippen molar-refractivity contribution in [1.29, 1.82) is 0 Å². The Bertz CT molecular complexity index is 506. The highest BCUT2D eigenvalue weighted by atomic mass is 16.6. The van der Waals surface area contributed by atoms with E-state index in [0.29, 0.717) is 24.2 Å². The van der Waals surface area contributed by atoms with Crippen LogP contribution in [0.2, 0.25) is 0 Å². The van der Waals surface area contributed by atoms with Crippen molar-refractivity contribution in [3.63, 3.8) is 0 Å². The largest absolute Gasteiger partial charge is 0.354 e. The van der Waals surface area contributed by atoms with E-state index in [9.17, 15) is 10.1 Å². The first kappa shape index (κ1) is 15.7. The Kier molecular flexibility index (Phi) is 5.12. The lowest BCUT2D eigenvalue weighted by Gasteiger charge is -2.40. The molecule has 0 amide bonds. The second kappa shape index (κ2) is 6.85. The lowest BCUT2D eigenvalue weighted by molar-refractivity contribution is -0.385. The summed E-state index contributed by atoms with van der Waals surface area (Å²) in [5.74, 6) is 1.31. The smallest absolute Gasteiger partial charge is 0.290 e. The molecule has 1 fully saturated rings. The van der Waals surface area contributed by atoms with Crippen LogP contribution in [-0.4, -0.2) is 29.0 Å². The van der Waals surface area contributed by atoms with Crippen LogP contribution in [0, 0.1) is 23.0 Å². The van der Waals surface area contributed by atoms with Gasteiger partial charge < -0.3 is 10.6 Å². The Morgan fingerprint density at radius 1 is 1.43 bits per heavy atom. The minimum absolute atomic E-state index is 0.0776. The number of hydrogen-bond acceptors (Lipinski definition) is 5. The molecule has 0 spiro atoms. The maximum Gasteiger partial charge on any atom is 0.290 e. The van der Waals surface area contributed by atoms with Gasteiger partial charge >= 0.3 is 0 Å². The van der Waals surface area contributed by atoms with E-state index in [1.807, 2.05) is 0 Å². The van der Waals surface area contributed by atoms with Gasteiger partial charge in [0.15, 0.2) is 0 Å². The summed E-state index contributed by atoms with van der Waals surface area (Å²) in [6.07, 6.45) is 4.73. The van der Waals surface area contributed by atoms with Gasteiger partial charge in [0.1, 0.15) is 11.5 Å². The van der Waals surface area contributed by atoms with Gasteiger partial charge in [0.25, 0.3) is 5.69 Å². The molecule has 1 aliphatic carbocycles. The van der Waals surface area contributed by atoms with Crippen molar-refractivity contribution in [3.05, 3.63) is 27.9 Å². The van der Waals surface area contributed by atoms with E-state index in [1.165, 1.54) is 12.8 Å². The zero-order valence-corrected chi connectivity index (χ0v) is 12.8. The van der Waals surface area contributed by atoms with Crippen molar-refractivity contribution in [2.45, 2.75) is 45.6 Å². The van der Waals surface area contributed by atoms with Crippen LogP contribution in [0.3, 0.4) is 0 Å². The molecule has 21 heavy (non-hydrogen) atoms. The summed E-state index contributed by atoms with van der Waals surface area (Å²) < 4.78 is 0. The number of hydrogen-bond donors (Lipinski definition) is 1. The van der Waals surface area contributed by atoms with Gasteiger partial charge in [-0.15, -0.1) is 0 Å². The van der Waals surface area contributed by atoms with Gasteiger partial charge in [-0.1, -0.05) is 12.8 Å². The van der Waals surface area contributed by atoms with Crippen LogP contribution in [0.1, 0.15) is 38.3 Å². The summed E-state index contributed by atoms with van der Waals surface area (Å²) in [4.78, 5) is 17.2. The summed E-state index contributed by atoms with van der Waals surface area (Å²) in [6, 6.07) is 3.71. The summed E-state index contributed by atoms with van der Waals surface area (Å²) in [6.45, 7) is 5.32. The van der Waals surface area contributed by atoms with Gasteiger partial charge in [-0.2, -0.15) is 0 Å². The molecule has 1 heterocycles. The summed E-state index contributed by atoms with van der Waals surface area (Å²) in [7, 11) is 0. The maximum atomic E-state index is 10.9. The molecule has 0 saturated heterocycles. The number of pyridine rings is 1. The van der Waals surface area contributed by atoms with E-state index in [-0.39, 0.29) is 10.6 Å². The molecule has 1 aromatic rings. The average molecular weight is 292 g/mol. The fraction of sp³-hybridized carbons (Fsp3) is 0.667. The molecule has 0 bridgehead atoms. The van der Waals surface area contributed by atoms with Gasteiger partial charge in [-0.25, -0.2) is 4.98 Å². The second-order valence-electron chi connectivity index (χ2n) is 5.66. The van der Waals surface area contributed by atoms with Crippen molar-refractivity contribution in [1.82, 2.24) is 4.98 Å². The minimum atomic E-state index is -0.383. The molecule has 2 N–H and O–H groups in total. The number of aromatic nitrogens is 1. The van der Waals surface area contributed by atoms with Crippen LogP contribution in [0.25, 0.3) is 0 Å². The monoisotopic (exact) mass is 292 g/mol. The topological polar surface area (TPSA) is 85.3 Å². The lowest BCUT2D eigenvalue weighted by Crippen LogP contribution is -2.45. The third kappa shape index (κ3) is 3.32. The van der Waals surface area contributed by atoms with Gasteiger partial charge in [-0.05, 0) is 45.2 Å². The third-order valence-electron chi connectivity index (χ3n) is 4.45. The molecule has 2 rings (SSSR count). The molecular formula is C15H24N4O2. The normalized spacial score (nSPS) is 22.0. The highest BCUT2D eigenvalue weighted by Crippen LogP contribution is 2.31. The molecule has 1 aromatic heterocycles. The van der Waals surface area contributed by atoms with Gasteiger partial charge in [0.05, 0.1) is 4.92 Å². The van der Waals surface area contributed by atoms with Crippen LogP contribution in [0.5, 0.6) is 0 Å². The van der Waals surface area contributed by atoms with Crippen molar-refractivity contribution < 1.29 is 4.92 Å².